The van der Waals surface area contributed by atoms with Crippen LogP contribution in [0.1, 0.15) is 15.9 Å². The Morgan fingerprint density at radius 1 is 1.21 bits per heavy atom. The molecule has 0 heterocycles. The molecule has 1 amide bonds. The van der Waals surface area contributed by atoms with E-state index >= 15 is 0 Å². The zero-order valence-corrected chi connectivity index (χ0v) is 10.9. The van der Waals surface area contributed by atoms with Crippen molar-refractivity contribution in [3.05, 3.63) is 52.5 Å². The van der Waals surface area contributed by atoms with Gasteiger partial charge in [-0.3, -0.25) is 4.79 Å². The summed E-state index contributed by atoms with van der Waals surface area (Å²) in [6.45, 7) is 1.71. The molecule has 3 N–H and O–H groups in total. The maximum Gasteiger partial charge on any atom is 0.259 e. The Labute approximate surface area is 115 Å². The van der Waals surface area contributed by atoms with Crippen LogP contribution in [0.15, 0.2) is 36.4 Å². The molecule has 4 nitrogen and oxygen atoms in total. The zero-order chi connectivity index (χ0) is 14.0. The van der Waals surface area contributed by atoms with Gasteiger partial charge in [0.15, 0.2) is 0 Å². The molecule has 19 heavy (non-hydrogen) atoms. The second-order valence-electron chi connectivity index (χ2n) is 4.09. The first kappa shape index (κ1) is 13.2. The Bertz CT molecular complexity index is 641. The van der Waals surface area contributed by atoms with E-state index < -0.39 is 5.91 Å². The fraction of sp³-hybridized carbons (Fsp3) is 0.0714. The standard InChI is InChI=1S/C14H12ClNO3/c1-8-3-2-4-10(13(8)18)14(19)16-9-5-6-12(17)11(15)7-9/h2-7,17-18H,1H3,(H,16,19). The summed E-state index contributed by atoms with van der Waals surface area (Å²) in [4.78, 5) is 12.0. The molecule has 2 aromatic carbocycles. The molecule has 5 heteroatoms. The quantitative estimate of drug-likeness (QED) is 0.738. The van der Waals surface area contributed by atoms with Crippen LogP contribution in [0.4, 0.5) is 5.69 Å². The fourth-order valence-corrected chi connectivity index (χ4v) is 1.81. The van der Waals surface area contributed by atoms with E-state index in [1.54, 1.807) is 19.1 Å². The minimum Gasteiger partial charge on any atom is -0.507 e. The van der Waals surface area contributed by atoms with E-state index in [9.17, 15) is 15.0 Å². The predicted molar refractivity (Wildman–Crippen MR) is 73.9 cm³/mol. The fourth-order valence-electron chi connectivity index (χ4n) is 1.63. The summed E-state index contributed by atoms with van der Waals surface area (Å²) < 4.78 is 0. The predicted octanol–water partition coefficient (Wildman–Crippen LogP) is 3.31. The van der Waals surface area contributed by atoms with Crippen LogP contribution in [-0.2, 0) is 0 Å². The van der Waals surface area contributed by atoms with Crippen LogP contribution in [0.5, 0.6) is 11.5 Å². The lowest BCUT2D eigenvalue weighted by atomic mass is 10.1. The number of amides is 1. The highest BCUT2D eigenvalue weighted by Crippen LogP contribution is 2.27. The van der Waals surface area contributed by atoms with Crippen molar-refractivity contribution in [1.82, 2.24) is 0 Å². The first-order valence-corrected chi connectivity index (χ1v) is 5.95. The zero-order valence-electron chi connectivity index (χ0n) is 10.1. The van der Waals surface area contributed by atoms with E-state index in [0.29, 0.717) is 11.3 Å². The molecular formula is C14H12ClNO3. The van der Waals surface area contributed by atoms with E-state index in [0.717, 1.165) is 0 Å². The monoisotopic (exact) mass is 277 g/mol. The maximum absolute atomic E-state index is 12.0. The molecule has 0 saturated carbocycles. The SMILES string of the molecule is Cc1cccc(C(=O)Nc2ccc(O)c(Cl)c2)c1O. The number of nitrogens with one attached hydrogen (secondary N) is 1. The molecule has 2 rings (SSSR count). The molecule has 0 bridgehead atoms. The highest BCUT2D eigenvalue weighted by atomic mass is 35.5. The van der Waals surface area contributed by atoms with E-state index in [4.69, 9.17) is 11.6 Å². The molecule has 0 aliphatic heterocycles. The number of rotatable bonds is 2. The molecule has 0 aromatic heterocycles. The molecule has 0 saturated heterocycles. The number of carbonyl (C=O) groups excluding carboxylic acids is 1. The normalized spacial score (nSPS) is 10.2. The number of aryl methyl sites for hydroxylation is 1. The summed E-state index contributed by atoms with van der Waals surface area (Å²) in [6, 6.07) is 9.26. The maximum atomic E-state index is 12.0. The molecule has 0 atom stereocenters. The van der Waals surface area contributed by atoms with Gasteiger partial charge >= 0.3 is 0 Å². The van der Waals surface area contributed by atoms with Crippen LogP contribution in [0.2, 0.25) is 5.02 Å². The number of para-hydroxylation sites is 1. The Hall–Kier alpha value is -2.20. The summed E-state index contributed by atoms with van der Waals surface area (Å²) in [5.41, 5.74) is 1.24. The van der Waals surface area contributed by atoms with Gasteiger partial charge in [-0.15, -0.1) is 0 Å². The topological polar surface area (TPSA) is 69.6 Å². The summed E-state index contributed by atoms with van der Waals surface area (Å²) in [6.07, 6.45) is 0. The Kier molecular flexibility index (Phi) is 3.62. The molecule has 2 aromatic rings. The largest absolute Gasteiger partial charge is 0.507 e. The summed E-state index contributed by atoms with van der Waals surface area (Å²) in [5.74, 6) is -0.550. The number of carbonyl (C=O) groups is 1. The summed E-state index contributed by atoms with van der Waals surface area (Å²) >= 11 is 5.75. The first-order valence-electron chi connectivity index (χ1n) is 5.57. The number of halogens is 1. The summed E-state index contributed by atoms with van der Waals surface area (Å²) in [5, 5.41) is 21.9. The average Bonchev–Trinajstić information content (AvgIpc) is 2.37. The number of aromatic hydroxyl groups is 2. The van der Waals surface area contributed by atoms with Crippen LogP contribution in [0.3, 0.4) is 0 Å². The van der Waals surface area contributed by atoms with E-state index in [1.165, 1.54) is 24.3 Å². The lowest BCUT2D eigenvalue weighted by molar-refractivity contribution is 0.102. The van der Waals surface area contributed by atoms with Crippen molar-refractivity contribution in [3.8, 4) is 11.5 Å². The minimum atomic E-state index is -0.442. The van der Waals surface area contributed by atoms with Gasteiger partial charge in [-0.05, 0) is 36.8 Å². The molecule has 0 aliphatic rings. The molecule has 0 radical (unpaired) electrons. The van der Waals surface area contributed by atoms with E-state index in [-0.39, 0.29) is 22.1 Å². The molecule has 0 spiro atoms. The van der Waals surface area contributed by atoms with Gasteiger partial charge in [0, 0.05) is 5.69 Å². The van der Waals surface area contributed by atoms with Gasteiger partial charge in [-0.2, -0.15) is 0 Å². The van der Waals surface area contributed by atoms with Crippen LogP contribution in [-0.4, -0.2) is 16.1 Å². The van der Waals surface area contributed by atoms with Crippen LogP contribution in [0, 0.1) is 6.92 Å². The second-order valence-corrected chi connectivity index (χ2v) is 4.50. The number of phenols is 2. The Morgan fingerprint density at radius 3 is 2.63 bits per heavy atom. The van der Waals surface area contributed by atoms with E-state index in [2.05, 4.69) is 5.32 Å². The Morgan fingerprint density at radius 2 is 1.95 bits per heavy atom. The van der Waals surface area contributed by atoms with Crippen molar-refractivity contribution in [2.24, 2.45) is 0 Å². The third kappa shape index (κ3) is 2.80. The number of hydrogen-bond acceptors (Lipinski definition) is 3. The number of phenolic OH excluding ortho intramolecular Hbond substituents is 2. The van der Waals surface area contributed by atoms with E-state index in [1.807, 2.05) is 0 Å². The second kappa shape index (κ2) is 5.20. The van der Waals surface area contributed by atoms with Crippen molar-refractivity contribution in [3.63, 3.8) is 0 Å². The van der Waals surface area contributed by atoms with Gasteiger partial charge in [0.2, 0.25) is 0 Å². The molecule has 0 fully saturated rings. The number of benzene rings is 2. The van der Waals surface area contributed by atoms with Crippen molar-refractivity contribution in [2.45, 2.75) is 6.92 Å². The highest BCUT2D eigenvalue weighted by Gasteiger charge is 2.13. The molecule has 98 valence electrons. The van der Waals surface area contributed by atoms with Crippen LogP contribution in [0.25, 0.3) is 0 Å². The third-order valence-electron chi connectivity index (χ3n) is 2.69. The minimum absolute atomic E-state index is 0.0510. The van der Waals surface area contributed by atoms with Gasteiger partial charge < -0.3 is 15.5 Å². The molecule has 0 unspecified atom stereocenters. The van der Waals surface area contributed by atoms with Gasteiger partial charge in [0.05, 0.1) is 10.6 Å². The van der Waals surface area contributed by atoms with Crippen LogP contribution < -0.4 is 5.32 Å². The van der Waals surface area contributed by atoms with Gasteiger partial charge in [0.1, 0.15) is 11.5 Å². The molecular weight excluding hydrogens is 266 g/mol. The number of hydrogen-bond donors (Lipinski definition) is 3. The smallest absolute Gasteiger partial charge is 0.259 e. The van der Waals surface area contributed by atoms with Crippen molar-refractivity contribution >= 4 is 23.2 Å². The average molecular weight is 278 g/mol. The summed E-state index contributed by atoms with van der Waals surface area (Å²) in [7, 11) is 0. The van der Waals surface area contributed by atoms with Crippen molar-refractivity contribution in [1.29, 1.82) is 0 Å². The lowest BCUT2D eigenvalue weighted by Gasteiger charge is -2.09. The Balaban J connectivity index is 2.26. The molecule has 0 aliphatic carbocycles. The first-order chi connectivity index (χ1) is 8.99. The van der Waals surface area contributed by atoms with Crippen molar-refractivity contribution < 1.29 is 15.0 Å². The van der Waals surface area contributed by atoms with Gasteiger partial charge in [-0.1, -0.05) is 23.7 Å². The van der Waals surface area contributed by atoms with Gasteiger partial charge in [-0.25, -0.2) is 0 Å². The third-order valence-corrected chi connectivity index (χ3v) is 2.99. The lowest BCUT2D eigenvalue weighted by Crippen LogP contribution is -2.12. The number of anilines is 1. The van der Waals surface area contributed by atoms with Crippen LogP contribution >= 0.6 is 11.6 Å². The van der Waals surface area contributed by atoms with Gasteiger partial charge in [0.25, 0.3) is 5.91 Å². The van der Waals surface area contributed by atoms with Crippen molar-refractivity contribution in [2.75, 3.05) is 5.32 Å². The highest BCUT2D eigenvalue weighted by molar-refractivity contribution is 6.32.